The zero-order valence-electron chi connectivity index (χ0n) is 13.4. The molecule has 0 atom stereocenters. The fourth-order valence-electron chi connectivity index (χ4n) is 2.86. The molecular weight excluding hydrogens is 316 g/mol. The molecule has 0 aliphatic carbocycles. The van der Waals surface area contributed by atoms with Crippen LogP contribution in [0.15, 0.2) is 24.3 Å². The van der Waals surface area contributed by atoms with Crippen LogP contribution in [0, 0.1) is 5.92 Å². The molecule has 1 saturated heterocycles. The molecule has 23 heavy (non-hydrogen) atoms. The first kappa shape index (κ1) is 17.9. The molecule has 1 heterocycles. The van der Waals surface area contributed by atoms with E-state index >= 15 is 0 Å². The summed E-state index contributed by atoms with van der Waals surface area (Å²) >= 11 is 0. The van der Waals surface area contributed by atoms with Gasteiger partial charge in [0.05, 0.1) is 5.75 Å². The number of hydrogen-bond donors (Lipinski definition) is 2. The van der Waals surface area contributed by atoms with Crippen LogP contribution in [0.2, 0.25) is 0 Å². The minimum absolute atomic E-state index is 0.0499. The largest absolute Gasteiger partial charge is 0.396 e. The van der Waals surface area contributed by atoms with Gasteiger partial charge in [-0.2, -0.15) is 0 Å². The van der Waals surface area contributed by atoms with E-state index in [1.54, 1.807) is 31.3 Å². The van der Waals surface area contributed by atoms with Crippen molar-refractivity contribution in [1.29, 1.82) is 0 Å². The summed E-state index contributed by atoms with van der Waals surface area (Å²) in [5.41, 5.74) is 1.19. The van der Waals surface area contributed by atoms with Gasteiger partial charge in [0.25, 0.3) is 5.91 Å². The molecule has 0 unspecified atom stereocenters. The van der Waals surface area contributed by atoms with Crippen molar-refractivity contribution in [2.75, 3.05) is 26.7 Å². The van der Waals surface area contributed by atoms with Crippen LogP contribution < -0.4 is 5.32 Å². The van der Waals surface area contributed by atoms with Gasteiger partial charge in [-0.15, -0.1) is 0 Å². The van der Waals surface area contributed by atoms with E-state index < -0.39 is 10.0 Å². The van der Waals surface area contributed by atoms with E-state index in [2.05, 4.69) is 5.32 Å². The molecule has 0 radical (unpaired) electrons. The lowest BCUT2D eigenvalue weighted by atomic mass is 9.95. The zero-order valence-corrected chi connectivity index (χ0v) is 14.2. The SMILES string of the molecule is CNC(=O)c1ccc(CS(=O)(=O)N2CCC(CCO)CC2)cc1. The Morgan fingerprint density at radius 2 is 1.87 bits per heavy atom. The summed E-state index contributed by atoms with van der Waals surface area (Å²) < 4.78 is 26.5. The highest BCUT2D eigenvalue weighted by molar-refractivity contribution is 7.88. The quantitative estimate of drug-likeness (QED) is 0.808. The second-order valence-electron chi connectivity index (χ2n) is 5.89. The molecule has 7 heteroatoms. The lowest BCUT2D eigenvalue weighted by Gasteiger charge is -2.31. The molecule has 1 aromatic rings. The van der Waals surface area contributed by atoms with Crippen molar-refractivity contribution in [2.45, 2.75) is 25.0 Å². The normalized spacial score (nSPS) is 17.1. The van der Waals surface area contributed by atoms with Crippen LogP contribution >= 0.6 is 0 Å². The van der Waals surface area contributed by atoms with Gasteiger partial charge in [-0.25, -0.2) is 12.7 Å². The summed E-state index contributed by atoms with van der Waals surface area (Å²) in [6, 6.07) is 6.63. The zero-order chi connectivity index (χ0) is 16.9. The monoisotopic (exact) mass is 340 g/mol. The van der Waals surface area contributed by atoms with E-state index in [0.29, 0.717) is 30.1 Å². The highest BCUT2D eigenvalue weighted by Crippen LogP contribution is 2.23. The van der Waals surface area contributed by atoms with Crippen molar-refractivity contribution >= 4 is 15.9 Å². The van der Waals surface area contributed by atoms with Crippen LogP contribution in [0.25, 0.3) is 0 Å². The molecule has 0 spiro atoms. The second-order valence-corrected chi connectivity index (χ2v) is 7.86. The summed E-state index contributed by atoms with van der Waals surface area (Å²) in [6.07, 6.45) is 2.35. The fraction of sp³-hybridized carbons (Fsp3) is 0.562. The summed E-state index contributed by atoms with van der Waals surface area (Å²) in [5, 5.41) is 11.5. The van der Waals surface area contributed by atoms with Crippen molar-refractivity contribution in [1.82, 2.24) is 9.62 Å². The van der Waals surface area contributed by atoms with Crippen molar-refractivity contribution in [2.24, 2.45) is 5.92 Å². The second kappa shape index (κ2) is 7.90. The third kappa shape index (κ3) is 4.76. The Labute approximate surface area is 137 Å². The molecule has 1 amide bonds. The van der Waals surface area contributed by atoms with Crippen LogP contribution in [0.5, 0.6) is 0 Å². The van der Waals surface area contributed by atoms with E-state index in [4.69, 9.17) is 5.11 Å². The number of piperidine rings is 1. The molecule has 6 nitrogen and oxygen atoms in total. The van der Waals surface area contributed by atoms with Crippen LogP contribution in [0.3, 0.4) is 0 Å². The number of hydrogen-bond acceptors (Lipinski definition) is 4. The van der Waals surface area contributed by atoms with Crippen molar-refractivity contribution in [3.05, 3.63) is 35.4 Å². The number of nitrogens with one attached hydrogen (secondary N) is 1. The average molecular weight is 340 g/mol. The Kier molecular flexibility index (Phi) is 6.15. The van der Waals surface area contributed by atoms with Crippen LogP contribution in [0.4, 0.5) is 0 Å². The highest BCUT2D eigenvalue weighted by atomic mass is 32.2. The van der Waals surface area contributed by atoms with Gasteiger partial charge in [-0.05, 0) is 42.9 Å². The van der Waals surface area contributed by atoms with E-state index in [1.165, 1.54) is 4.31 Å². The van der Waals surface area contributed by atoms with Crippen molar-refractivity contribution < 1.29 is 18.3 Å². The maximum Gasteiger partial charge on any atom is 0.251 e. The van der Waals surface area contributed by atoms with E-state index in [9.17, 15) is 13.2 Å². The number of aliphatic hydroxyl groups excluding tert-OH is 1. The van der Waals surface area contributed by atoms with Gasteiger partial charge in [-0.1, -0.05) is 12.1 Å². The van der Waals surface area contributed by atoms with Gasteiger partial charge in [0.15, 0.2) is 0 Å². The molecule has 0 aromatic heterocycles. The number of carbonyl (C=O) groups is 1. The molecule has 1 aliphatic rings. The van der Waals surface area contributed by atoms with Gasteiger partial charge in [0.1, 0.15) is 0 Å². The highest BCUT2D eigenvalue weighted by Gasteiger charge is 2.27. The van der Waals surface area contributed by atoms with Gasteiger partial charge in [0, 0.05) is 32.3 Å². The topological polar surface area (TPSA) is 86.7 Å². The number of carbonyl (C=O) groups excluding carboxylic acids is 1. The minimum Gasteiger partial charge on any atom is -0.396 e. The lowest BCUT2D eigenvalue weighted by molar-refractivity contribution is 0.0963. The van der Waals surface area contributed by atoms with Crippen molar-refractivity contribution in [3.63, 3.8) is 0 Å². The van der Waals surface area contributed by atoms with Crippen LogP contribution in [-0.4, -0.2) is 50.5 Å². The van der Waals surface area contributed by atoms with E-state index in [0.717, 1.165) is 19.3 Å². The molecule has 128 valence electrons. The molecule has 1 aromatic carbocycles. The van der Waals surface area contributed by atoms with Gasteiger partial charge >= 0.3 is 0 Å². The molecule has 0 bridgehead atoms. The number of benzene rings is 1. The number of amides is 1. The molecule has 0 saturated carbocycles. The molecular formula is C16H24N2O4S. The maximum atomic E-state index is 12.5. The first-order valence-corrected chi connectivity index (χ1v) is 9.47. The van der Waals surface area contributed by atoms with E-state index in [-0.39, 0.29) is 18.3 Å². The van der Waals surface area contributed by atoms with E-state index in [1.807, 2.05) is 0 Å². The lowest BCUT2D eigenvalue weighted by Crippen LogP contribution is -2.39. The number of sulfonamides is 1. The standard InChI is InChI=1S/C16H24N2O4S/c1-17-16(20)15-4-2-14(3-5-15)12-23(21,22)18-9-6-13(7-10-18)8-11-19/h2-5,13,19H,6-12H2,1H3,(H,17,20). The Bertz CT molecular complexity index is 620. The summed E-state index contributed by atoms with van der Waals surface area (Å²) in [7, 11) is -1.79. The average Bonchev–Trinajstić information content (AvgIpc) is 2.55. The van der Waals surface area contributed by atoms with Crippen LogP contribution in [0.1, 0.15) is 35.2 Å². The molecule has 2 N–H and O–H groups in total. The third-order valence-electron chi connectivity index (χ3n) is 4.30. The Morgan fingerprint density at radius 1 is 1.26 bits per heavy atom. The minimum atomic E-state index is -3.34. The van der Waals surface area contributed by atoms with Gasteiger partial charge < -0.3 is 10.4 Å². The Balaban J connectivity index is 1.97. The first-order chi connectivity index (χ1) is 11.0. The smallest absolute Gasteiger partial charge is 0.251 e. The van der Waals surface area contributed by atoms with Gasteiger partial charge in [0.2, 0.25) is 10.0 Å². The third-order valence-corrected chi connectivity index (χ3v) is 6.15. The van der Waals surface area contributed by atoms with Crippen molar-refractivity contribution in [3.8, 4) is 0 Å². The van der Waals surface area contributed by atoms with Gasteiger partial charge in [-0.3, -0.25) is 4.79 Å². The number of nitrogens with zero attached hydrogens (tertiary/aromatic N) is 1. The number of rotatable bonds is 6. The summed E-state index contributed by atoms with van der Waals surface area (Å²) in [4.78, 5) is 11.5. The van der Waals surface area contributed by atoms with Crippen LogP contribution in [-0.2, 0) is 15.8 Å². The predicted octanol–water partition coefficient (Wildman–Crippen LogP) is 0.970. The number of aliphatic hydroxyl groups is 1. The molecule has 1 fully saturated rings. The summed E-state index contributed by atoms with van der Waals surface area (Å²) in [6.45, 7) is 1.20. The summed E-state index contributed by atoms with van der Waals surface area (Å²) in [5.74, 6) is 0.176. The molecule has 2 rings (SSSR count). The molecule has 1 aliphatic heterocycles. The first-order valence-electron chi connectivity index (χ1n) is 7.86. The Morgan fingerprint density at radius 3 is 2.39 bits per heavy atom. The maximum absolute atomic E-state index is 12.5. The fourth-order valence-corrected chi connectivity index (χ4v) is 4.42. The predicted molar refractivity (Wildman–Crippen MR) is 88.5 cm³/mol. The Hall–Kier alpha value is -1.44.